The van der Waals surface area contributed by atoms with Crippen LogP contribution in [-0.2, 0) is 4.74 Å². The molecule has 1 saturated heterocycles. The minimum absolute atomic E-state index is 0.0951. The van der Waals surface area contributed by atoms with E-state index in [1.807, 2.05) is 6.92 Å². The predicted molar refractivity (Wildman–Crippen MR) is 74.3 cm³/mol. The second-order valence-electron chi connectivity index (χ2n) is 5.81. The summed E-state index contributed by atoms with van der Waals surface area (Å²) < 4.78 is 5.39. The third-order valence-corrected chi connectivity index (χ3v) is 3.96. The zero-order valence-electron chi connectivity index (χ0n) is 11.6. The molecular weight excluding hydrogens is 242 g/mol. The van der Waals surface area contributed by atoms with Gasteiger partial charge in [-0.25, -0.2) is 0 Å². The van der Waals surface area contributed by atoms with E-state index >= 15 is 0 Å². The van der Waals surface area contributed by atoms with E-state index in [-0.39, 0.29) is 23.0 Å². The van der Waals surface area contributed by atoms with Gasteiger partial charge in [0.05, 0.1) is 0 Å². The zero-order valence-corrected chi connectivity index (χ0v) is 11.6. The number of nitrogens with one attached hydrogen (secondary N) is 1. The van der Waals surface area contributed by atoms with E-state index in [1.165, 1.54) is 6.07 Å². The summed E-state index contributed by atoms with van der Waals surface area (Å²) in [5, 5.41) is 22.5. The molecule has 0 bridgehead atoms. The van der Waals surface area contributed by atoms with E-state index in [0.717, 1.165) is 38.2 Å². The number of phenolic OH excluding ortho intramolecular Hbond substituents is 2. The SMILES string of the molecule is CC(NCC1(C)CCOCC1)c1cc(O)cc(O)c1. The smallest absolute Gasteiger partial charge is 0.119 e. The van der Waals surface area contributed by atoms with Gasteiger partial charge >= 0.3 is 0 Å². The van der Waals surface area contributed by atoms with E-state index < -0.39 is 0 Å². The summed E-state index contributed by atoms with van der Waals surface area (Å²) in [4.78, 5) is 0. The number of hydrogen-bond acceptors (Lipinski definition) is 4. The number of phenols is 2. The van der Waals surface area contributed by atoms with Crippen LogP contribution in [0.1, 0.15) is 38.3 Å². The summed E-state index contributed by atoms with van der Waals surface area (Å²) in [7, 11) is 0. The number of rotatable bonds is 4. The lowest BCUT2D eigenvalue weighted by Crippen LogP contribution is -2.37. The first-order chi connectivity index (χ1) is 8.98. The summed E-state index contributed by atoms with van der Waals surface area (Å²) >= 11 is 0. The third kappa shape index (κ3) is 3.85. The standard InChI is InChI=1S/C15H23NO3/c1-11(12-7-13(17)9-14(18)8-12)16-10-15(2)3-5-19-6-4-15/h7-9,11,16-18H,3-6,10H2,1-2H3. The molecule has 19 heavy (non-hydrogen) atoms. The Labute approximate surface area is 114 Å². The first kappa shape index (κ1) is 14.2. The minimum Gasteiger partial charge on any atom is -0.508 e. The molecule has 2 rings (SSSR count). The molecule has 0 amide bonds. The van der Waals surface area contributed by atoms with Gasteiger partial charge in [-0.3, -0.25) is 0 Å². The van der Waals surface area contributed by atoms with Crippen molar-refractivity contribution in [2.24, 2.45) is 5.41 Å². The Bertz CT molecular complexity index is 407. The number of ether oxygens (including phenoxy) is 1. The van der Waals surface area contributed by atoms with Crippen molar-refractivity contribution in [3.8, 4) is 11.5 Å². The van der Waals surface area contributed by atoms with Crippen LogP contribution in [0.2, 0.25) is 0 Å². The van der Waals surface area contributed by atoms with Crippen LogP contribution in [-0.4, -0.2) is 30.0 Å². The van der Waals surface area contributed by atoms with E-state index in [4.69, 9.17) is 4.74 Å². The quantitative estimate of drug-likeness (QED) is 0.783. The summed E-state index contributed by atoms with van der Waals surface area (Å²) in [5.74, 6) is 0.196. The van der Waals surface area contributed by atoms with E-state index in [2.05, 4.69) is 12.2 Å². The Kier molecular flexibility index (Phi) is 4.32. The largest absolute Gasteiger partial charge is 0.508 e. The van der Waals surface area contributed by atoms with Crippen LogP contribution >= 0.6 is 0 Å². The van der Waals surface area contributed by atoms with Crippen molar-refractivity contribution in [3.05, 3.63) is 23.8 Å². The maximum Gasteiger partial charge on any atom is 0.119 e. The molecule has 0 aliphatic carbocycles. The molecule has 4 nitrogen and oxygen atoms in total. The summed E-state index contributed by atoms with van der Waals surface area (Å²) in [6.07, 6.45) is 2.13. The third-order valence-electron chi connectivity index (χ3n) is 3.96. The minimum atomic E-state index is 0.0951. The molecule has 0 spiro atoms. The van der Waals surface area contributed by atoms with Gasteiger partial charge in [-0.05, 0) is 42.9 Å². The first-order valence-corrected chi connectivity index (χ1v) is 6.83. The van der Waals surface area contributed by atoms with Crippen molar-refractivity contribution in [1.29, 1.82) is 0 Å². The molecule has 3 N–H and O–H groups in total. The highest BCUT2D eigenvalue weighted by atomic mass is 16.5. The van der Waals surface area contributed by atoms with Crippen LogP contribution in [0.15, 0.2) is 18.2 Å². The van der Waals surface area contributed by atoms with Gasteiger partial charge in [0.15, 0.2) is 0 Å². The van der Waals surface area contributed by atoms with Crippen LogP contribution in [0.5, 0.6) is 11.5 Å². The van der Waals surface area contributed by atoms with E-state index in [0.29, 0.717) is 0 Å². The van der Waals surface area contributed by atoms with E-state index in [9.17, 15) is 10.2 Å². The summed E-state index contributed by atoms with van der Waals surface area (Å²) in [6, 6.07) is 4.81. The topological polar surface area (TPSA) is 61.7 Å². The molecule has 1 fully saturated rings. The Morgan fingerprint density at radius 2 is 1.79 bits per heavy atom. The molecule has 0 aromatic heterocycles. The fourth-order valence-electron chi connectivity index (χ4n) is 2.43. The van der Waals surface area contributed by atoms with Gasteiger partial charge in [0.2, 0.25) is 0 Å². The Morgan fingerprint density at radius 1 is 1.21 bits per heavy atom. The van der Waals surface area contributed by atoms with Crippen LogP contribution in [0.3, 0.4) is 0 Å². The van der Waals surface area contributed by atoms with Crippen LogP contribution < -0.4 is 5.32 Å². The van der Waals surface area contributed by atoms with Gasteiger partial charge in [0.1, 0.15) is 11.5 Å². The van der Waals surface area contributed by atoms with Gasteiger partial charge in [0.25, 0.3) is 0 Å². The molecule has 0 saturated carbocycles. The number of aromatic hydroxyl groups is 2. The normalized spacial score (nSPS) is 20.1. The molecule has 1 atom stereocenters. The van der Waals surface area contributed by atoms with Crippen molar-refractivity contribution in [2.45, 2.75) is 32.7 Å². The predicted octanol–water partition coefficient (Wildman–Crippen LogP) is 2.57. The average Bonchev–Trinajstić information content (AvgIpc) is 2.36. The van der Waals surface area contributed by atoms with Crippen LogP contribution in [0.25, 0.3) is 0 Å². The Balaban J connectivity index is 1.95. The molecule has 1 aliphatic rings. The fourth-order valence-corrected chi connectivity index (χ4v) is 2.43. The van der Waals surface area contributed by atoms with Crippen molar-refractivity contribution in [1.82, 2.24) is 5.32 Å². The fraction of sp³-hybridized carbons (Fsp3) is 0.600. The molecule has 1 aromatic carbocycles. The summed E-state index contributed by atoms with van der Waals surface area (Å²) in [6.45, 7) is 6.89. The lowest BCUT2D eigenvalue weighted by atomic mass is 9.82. The monoisotopic (exact) mass is 265 g/mol. The van der Waals surface area contributed by atoms with Gasteiger partial charge in [0, 0.05) is 31.9 Å². The van der Waals surface area contributed by atoms with Gasteiger partial charge in [-0.1, -0.05) is 6.92 Å². The van der Waals surface area contributed by atoms with Crippen molar-refractivity contribution in [2.75, 3.05) is 19.8 Å². The molecule has 1 unspecified atom stereocenters. The maximum absolute atomic E-state index is 9.51. The van der Waals surface area contributed by atoms with Crippen molar-refractivity contribution < 1.29 is 14.9 Å². The maximum atomic E-state index is 9.51. The highest BCUT2D eigenvalue weighted by Gasteiger charge is 2.27. The van der Waals surface area contributed by atoms with Crippen LogP contribution in [0.4, 0.5) is 0 Å². The molecule has 106 valence electrons. The molecule has 1 aliphatic heterocycles. The van der Waals surface area contributed by atoms with Crippen LogP contribution in [0, 0.1) is 5.41 Å². The van der Waals surface area contributed by atoms with Gasteiger partial charge in [-0.15, -0.1) is 0 Å². The summed E-state index contributed by atoms with van der Waals surface area (Å²) in [5.41, 5.74) is 1.17. The van der Waals surface area contributed by atoms with Crippen molar-refractivity contribution in [3.63, 3.8) is 0 Å². The zero-order chi connectivity index (χ0) is 13.9. The lowest BCUT2D eigenvalue weighted by Gasteiger charge is -2.34. The second kappa shape index (κ2) is 5.80. The molecule has 1 aromatic rings. The molecular formula is C15H23NO3. The average molecular weight is 265 g/mol. The second-order valence-corrected chi connectivity index (χ2v) is 5.81. The molecule has 1 heterocycles. The molecule has 4 heteroatoms. The highest BCUT2D eigenvalue weighted by molar-refractivity contribution is 5.37. The van der Waals surface area contributed by atoms with Crippen molar-refractivity contribution >= 4 is 0 Å². The Hall–Kier alpha value is -1.26. The number of benzene rings is 1. The highest BCUT2D eigenvalue weighted by Crippen LogP contribution is 2.30. The Morgan fingerprint density at radius 3 is 2.37 bits per heavy atom. The van der Waals surface area contributed by atoms with E-state index in [1.54, 1.807) is 12.1 Å². The first-order valence-electron chi connectivity index (χ1n) is 6.83. The number of hydrogen-bond donors (Lipinski definition) is 3. The van der Waals surface area contributed by atoms with Gasteiger partial charge in [-0.2, -0.15) is 0 Å². The molecule has 0 radical (unpaired) electrons. The lowest BCUT2D eigenvalue weighted by molar-refractivity contribution is 0.0231. The van der Waals surface area contributed by atoms with Gasteiger partial charge < -0.3 is 20.3 Å².